The summed E-state index contributed by atoms with van der Waals surface area (Å²) >= 11 is 0. The molecule has 0 aliphatic rings. The minimum atomic E-state index is -0.205. The molecular formula is C21H27FN4O. The topological polar surface area (TPSA) is 65.5 Å². The summed E-state index contributed by atoms with van der Waals surface area (Å²) in [7, 11) is 0. The van der Waals surface area contributed by atoms with Crippen LogP contribution in [0.15, 0.2) is 47.5 Å². The summed E-state index contributed by atoms with van der Waals surface area (Å²) in [5, 5.41) is 9.25. The third-order valence-corrected chi connectivity index (χ3v) is 4.00. The summed E-state index contributed by atoms with van der Waals surface area (Å²) < 4.78 is 13.4. The quantitative estimate of drug-likeness (QED) is 0.518. The lowest BCUT2D eigenvalue weighted by molar-refractivity contribution is 0.0956. The first-order valence-electron chi connectivity index (χ1n) is 9.17. The predicted octanol–water partition coefficient (Wildman–Crippen LogP) is 3.14. The molecule has 0 aliphatic heterocycles. The van der Waals surface area contributed by atoms with Crippen molar-refractivity contribution in [2.45, 2.75) is 33.9 Å². The molecule has 0 radical (unpaired) electrons. The average molecular weight is 370 g/mol. The van der Waals surface area contributed by atoms with Crippen molar-refractivity contribution in [3.8, 4) is 0 Å². The lowest BCUT2D eigenvalue weighted by Crippen LogP contribution is -2.36. The number of rotatable bonds is 7. The Morgan fingerprint density at radius 3 is 2.26 bits per heavy atom. The zero-order valence-corrected chi connectivity index (χ0v) is 16.1. The van der Waals surface area contributed by atoms with Crippen LogP contribution in [0.3, 0.4) is 0 Å². The molecule has 0 saturated carbocycles. The fourth-order valence-corrected chi connectivity index (χ4v) is 2.54. The van der Waals surface area contributed by atoms with Crippen molar-refractivity contribution in [1.82, 2.24) is 16.0 Å². The number of nitrogens with one attached hydrogen (secondary N) is 3. The van der Waals surface area contributed by atoms with Crippen LogP contribution >= 0.6 is 0 Å². The second kappa shape index (κ2) is 10.3. The third kappa shape index (κ3) is 6.40. The fraction of sp³-hybridized carbons (Fsp3) is 0.333. The summed E-state index contributed by atoms with van der Waals surface area (Å²) in [6.45, 7) is 8.04. The number of halogens is 1. The van der Waals surface area contributed by atoms with Gasteiger partial charge in [-0.05, 0) is 55.7 Å². The zero-order valence-electron chi connectivity index (χ0n) is 16.1. The van der Waals surface area contributed by atoms with E-state index in [0.29, 0.717) is 36.7 Å². The Morgan fingerprint density at radius 2 is 1.63 bits per heavy atom. The summed E-state index contributed by atoms with van der Waals surface area (Å²) in [5.74, 6) is 0.414. The van der Waals surface area contributed by atoms with Crippen molar-refractivity contribution in [3.63, 3.8) is 0 Å². The normalized spacial score (nSPS) is 11.2. The summed E-state index contributed by atoms with van der Waals surface area (Å²) in [5.41, 5.74) is 3.27. The van der Waals surface area contributed by atoms with Crippen molar-refractivity contribution in [3.05, 3.63) is 70.5 Å². The molecule has 0 fully saturated rings. The Balaban J connectivity index is 1.96. The molecule has 0 spiro atoms. The van der Waals surface area contributed by atoms with Gasteiger partial charge in [-0.15, -0.1) is 0 Å². The molecule has 3 N–H and O–H groups in total. The lowest BCUT2D eigenvalue weighted by Gasteiger charge is -2.12. The molecule has 2 rings (SSSR count). The van der Waals surface area contributed by atoms with Gasteiger partial charge in [-0.25, -0.2) is 9.38 Å². The van der Waals surface area contributed by atoms with E-state index >= 15 is 0 Å². The first-order chi connectivity index (χ1) is 13.0. The van der Waals surface area contributed by atoms with Crippen LogP contribution < -0.4 is 16.0 Å². The van der Waals surface area contributed by atoms with Gasteiger partial charge in [-0.1, -0.05) is 24.3 Å². The number of hydrogen-bond acceptors (Lipinski definition) is 2. The SMILES string of the molecule is CCNC(=O)c1ccc(CNC(=NCc2ccc(F)c(C)c2)NCC)cc1. The van der Waals surface area contributed by atoms with Crippen molar-refractivity contribution < 1.29 is 9.18 Å². The first kappa shape index (κ1) is 20.4. The van der Waals surface area contributed by atoms with E-state index in [1.54, 1.807) is 13.0 Å². The number of carbonyl (C=O) groups is 1. The number of nitrogens with zero attached hydrogens (tertiary/aromatic N) is 1. The van der Waals surface area contributed by atoms with Crippen molar-refractivity contribution in [2.75, 3.05) is 13.1 Å². The van der Waals surface area contributed by atoms with Gasteiger partial charge in [0.1, 0.15) is 5.82 Å². The largest absolute Gasteiger partial charge is 0.357 e. The maximum Gasteiger partial charge on any atom is 0.251 e. The average Bonchev–Trinajstić information content (AvgIpc) is 2.67. The maximum atomic E-state index is 13.4. The van der Waals surface area contributed by atoms with Gasteiger partial charge in [-0.2, -0.15) is 0 Å². The molecule has 1 amide bonds. The first-order valence-corrected chi connectivity index (χ1v) is 9.17. The summed E-state index contributed by atoms with van der Waals surface area (Å²) in [6, 6.07) is 12.5. The molecular weight excluding hydrogens is 343 g/mol. The van der Waals surface area contributed by atoms with Crippen molar-refractivity contribution >= 4 is 11.9 Å². The molecule has 0 bridgehead atoms. The van der Waals surface area contributed by atoms with Crippen LogP contribution in [0.25, 0.3) is 0 Å². The van der Waals surface area contributed by atoms with Crippen LogP contribution in [0.5, 0.6) is 0 Å². The highest BCUT2D eigenvalue weighted by molar-refractivity contribution is 5.94. The highest BCUT2D eigenvalue weighted by Gasteiger charge is 2.04. The van der Waals surface area contributed by atoms with Gasteiger partial charge in [0, 0.05) is 25.2 Å². The highest BCUT2D eigenvalue weighted by atomic mass is 19.1. The summed E-state index contributed by atoms with van der Waals surface area (Å²) in [4.78, 5) is 16.3. The molecule has 2 aromatic carbocycles. The number of guanidine groups is 1. The van der Waals surface area contributed by atoms with E-state index in [4.69, 9.17) is 0 Å². The number of aryl methyl sites for hydroxylation is 1. The minimum absolute atomic E-state index is 0.0681. The van der Waals surface area contributed by atoms with E-state index in [-0.39, 0.29) is 11.7 Å². The van der Waals surface area contributed by atoms with Gasteiger partial charge in [0.2, 0.25) is 0 Å². The molecule has 0 saturated heterocycles. The molecule has 5 nitrogen and oxygen atoms in total. The molecule has 0 unspecified atom stereocenters. The number of amides is 1. The zero-order chi connectivity index (χ0) is 19.6. The standard InChI is InChI=1S/C21H27FN4O/c1-4-23-20(27)18-9-6-16(7-10-18)13-25-21(24-5-2)26-14-17-8-11-19(22)15(3)12-17/h6-12H,4-5,13-14H2,1-3H3,(H,23,27)(H2,24,25,26). The van der Waals surface area contributed by atoms with Gasteiger partial charge in [0.15, 0.2) is 5.96 Å². The Labute approximate surface area is 160 Å². The smallest absolute Gasteiger partial charge is 0.251 e. The number of carbonyl (C=O) groups excluding carboxylic acids is 1. The monoisotopic (exact) mass is 370 g/mol. The Kier molecular flexibility index (Phi) is 7.79. The third-order valence-electron chi connectivity index (χ3n) is 4.00. The fourth-order valence-electron chi connectivity index (χ4n) is 2.54. The summed E-state index contributed by atoms with van der Waals surface area (Å²) in [6.07, 6.45) is 0. The van der Waals surface area contributed by atoms with Crippen LogP contribution in [-0.4, -0.2) is 25.0 Å². The van der Waals surface area contributed by atoms with Crippen molar-refractivity contribution in [2.24, 2.45) is 4.99 Å². The molecule has 144 valence electrons. The maximum absolute atomic E-state index is 13.4. The number of aliphatic imine (C=N–C) groups is 1. The van der Waals surface area contributed by atoms with Crippen LogP contribution in [-0.2, 0) is 13.1 Å². The molecule has 27 heavy (non-hydrogen) atoms. The molecule has 0 heterocycles. The van der Waals surface area contributed by atoms with Crippen LogP contribution in [0.1, 0.15) is 40.9 Å². The molecule has 0 aromatic heterocycles. The van der Waals surface area contributed by atoms with Crippen LogP contribution in [0.2, 0.25) is 0 Å². The Hall–Kier alpha value is -2.89. The molecule has 2 aromatic rings. The van der Waals surface area contributed by atoms with Gasteiger partial charge in [0.25, 0.3) is 5.91 Å². The second-order valence-electron chi connectivity index (χ2n) is 6.19. The number of benzene rings is 2. The van der Waals surface area contributed by atoms with E-state index < -0.39 is 0 Å². The predicted molar refractivity (Wildman–Crippen MR) is 107 cm³/mol. The lowest BCUT2D eigenvalue weighted by atomic mass is 10.1. The van der Waals surface area contributed by atoms with E-state index in [2.05, 4.69) is 20.9 Å². The van der Waals surface area contributed by atoms with Gasteiger partial charge in [-0.3, -0.25) is 4.79 Å². The molecule has 0 atom stereocenters. The van der Waals surface area contributed by atoms with Gasteiger partial charge in [0.05, 0.1) is 6.54 Å². The van der Waals surface area contributed by atoms with Crippen molar-refractivity contribution in [1.29, 1.82) is 0 Å². The molecule has 0 aliphatic carbocycles. The highest BCUT2D eigenvalue weighted by Crippen LogP contribution is 2.10. The van der Waals surface area contributed by atoms with E-state index in [0.717, 1.165) is 17.7 Å². The van der Waals surface area contributed by atoms with E-state index in [9.17, 15) is 9.18 Å². The minimum Gasteiger partial charge on any atom is -0.357 e. The van der Waals surface area contributed by atoms with Gasteiger partial charge < -0.3 is 16.0 Å². The van der Waals surface area contributed by atoms with Crippen LogP contribution in [0.4, 0.5) is 4.39 Å². The second-order valence-corrected chi connectivity index (χ2v) is 6.19. The number of hydrogen-bond donors (Lipinski definition) is 3. The Morgan fingerprint density at radius 1 is 0.963 bits per heavy atom. The Bertz CT molecular complexity index is 787. The van der Waals surface area contributed by atoms with E-state index in [1.165, 1.54) is 6.07 Å². The van der Waals surface area contributed by atoms with Crippen LogP contribution in [0, 0.1) is 12.7 Å². The van der Waals surface area contributed by atoms with Gasteiger partial charge >= 0.3 is 0 Å². The molecule has 6 heteroatoms. The van der Waals surface area contributed by atoms with E-state index in [1.807, 2.05) is 44.2 Å².